The Bertz CT molecular complexity index is 645. The quantitative estimate of drug-likeness (QED) is 0.790. The first-order valence-corrected chi connectivity index (χ1v) is 9.49. The number of aromatic nitrogens is 2. The topological polar surface area (TPSA) is 98.9 Å². The van der Waals surface area contributed by atoms with Crippen molar-refractivity contribution >= 4 is 11.8 Å². The normalized spacial score (nSPS) is 19.7. The number of nitrogens with zero attached hydrogens (tertiary/aromatic N) is 4. The minimum atomic E-state index is -0.993. The van der Waals surface area contributed by atoms with Crippen molar-refractivity contribution < 1.29 is 19.8 Å². The van der Waals surface area contributed by atoms with E-state index in [2.05, 4.69) is 5.10 Å². The second kappa shape index (κ2) is 8.64. The van der Waals surface area contributed by atoms with Crippen molar-refractivity contribution in [1.82, 2.24) is 19.6 Å². The van der Waals surface area contributed by atoms with Gasteiger partial charge in [-0.3, -0.25) is 14.3 Å². The van der Waals surface area contributed by atoms with Gasteiger partial charge in [0.25, 0.3) is 0 Å². The standard InChI is InChI=1S/C18H28N4O4/c23-13-16(24)15-11-14-12-21(8-4-9-22(14)19-15)18(26)6-10-20-7-3-1-2-5-17(20)25/h11,16,23-24H,1-10,12-13H2. The van der Waals surface area contributed by atoms with Crippen LogP contribution in [0.4, 0.5) is 0 Å². The summed E-state index contributed by atoms with van der Waals surface area (Å²) in [6, 6.07) is 1.75. The third kappa shape index (κ3) is 4.42. The predicted octanol–water partition coefficient (Wildman–Crippen LogP) is 0.434. The van der Waals surface area contributed by atoms with Crippen LogP contribution in [-0.2, 0) is 22.7 Å². The first kappa shape index (κ1) is 18.8. The Labute approximate surface area is 153 Å². The highest BCUT2D eigenvalue weighted by atomic mass is 16.3. The fourth-order valence-electron chi connectivity index (χ4n) is 3.62. The lowest BCUT2D eigenvalue weighted by Crippen LogP contribution is -2.36. The highest BCUT2D eigenvalue weighted by molar-refractivity contribution is 5.79. The molecule has 0 aliphatic carbocycles. The van der Waals surface area contributed by atoms with Crippen molar-refractivity contribution in [2.24, 2.45) is 0 Å². The van der Waals surface area contributed by atoms with Crippen LogP contribution in [-0.4, -0.2) is 67.8 Å². The van der Waals surface area contributed by atoms with Crippen molar-refractivity contribution in [3.63, 3.8) is 0 Å². The van der Waals surface area contributed by atoms with Crippen LogP contribution in [0.15, 0.2) is 6.07 Å². The lowest BCUT2D eigenvalue weighted by molar-refractivity contribution is -0.134. The number of carbonyl (C=O) groups is 2. The van der Waals surface area contributed by atoms with Crippen molar-refractivity contribution in [2.75, 3.05) is 26.2 Å². The maximum absolute atomic E-state index is 12.7. The van der Waals surface area contributed by atoms with E-state index in [1.54, 1.807) is 15.6 Å². The summed E-state index contributed by atoms with van der Waals surface area (Å²) in [7, 11) is 0. The number of aliphatic hydroxyl groups excluding tert-OH is 2. The van der Waals surface area contributed by atoms with Gasteiger partial charge in [-0.25, -0.2) is 0 Å². The molecule has 2 aliphatic heterocycles. The second-order valence-corrected chi connectivity index (χ2v) is 7.09. The highest BCUT2D eigenvalue weighted by Gasteiger charge is 2.24. The number of amides is 2. The van der Waals surface area contributed by atoms with Crippen LogP contribution >= 0.6 is 0 Å². The lowest BCUT2D eigenvalue weighted by atomic mass is 10.2. The summed E-state index contributed by atoms with van der Waals surface area (Å²) in [6.45, 7) is 2.65. The Morgan fingerprint density at radius 3 is 2.85 bits per heavy atom. The van der Waals surface area contributed by atoms with Crippen LogP contribution in [0.3, 0.4) is 0 Å². The molecule has 1 unspecified atom stereocenters. The number of aryl methyl sites for hydroxylation is 1. The van der Waals surface area contributed by atoms with Gasteiger partial charge in [-0.2, -0.15) is 5.10 Å². The van der Waals surface area contributed by atoms with E-state index in [0.29, 0.717) is 44.7 Å². The molecule has 3 rings (SSSR count). The molecule has 0 bridgehead atoms. The first-order valence-electron chi connectivity index (χ1n) is 9.49. The number of likely N-dealkylation sites (tertiary alicyclic amines) is 1. The number of hydrogen-bond acceptors (Lipinski definition) is 5. The van der Waals surface area contributed by atoms with E-state index in [0.717, 1.165) is 37.9 Å². The fourth-order valence-corrected chi connectivity index (χ4v) is 3.62. The van der Waals surface area contributed by atoms with Crippen LogP contribution in [0.25, 0.3) is 0 Å². The maximum Gasteiger partial charge on any atom is 0.224 e. The molecule has 1 fully saturated rings. The van der Waals surface area contributed by atoms with Gasteiger partial charge in [0.1, 0.15) is 6.10 Å². The minimum absolute atomic E-state index is 0.0425. The molecule has 26 heavy (non-hydrogen) atoms. The fraction of sp³-hybridized carbons (Fsp3) is 0.722. The molecule has 3 heterocycles. The van der Waals surface area contributed by atoms with E-state index in [-0.39, 0.29) is 18.4 Å². The summed E-state index contributed by atoms with van der Waals surface area (Å²) in [6.07, 6.45) is 3.76. The van der Waals surface area contributed by atoms with E-state index in [4.69, 9.17) is 5.11 Å². The Kier molecular flexibility index (Phi) is 6.26. The van der Waals surface area contributed by atoms with Gasteiger partial charge in [-0.15, -0.1) is 0 Å². The zero-order valence-corrected chi connectivity index (χ0v) is 15.1. The number of fused-ring (bicyclic) bond motifs is 1. The Hall–Kier alpha value is -1.93. The molecular formula is C18H28N4O4. The van der Waals surface area contributed by atoms with Crippen molar-refractivity contribution in [2.45, 2.75) is 57.7 Å². The molecule has 1 aromatic rings. The van der Waals surface area contributed by atoms with Crippen molar-refractivity contribution in [3.8, 4) is 0 Å². The molecule has 2 N–H and O–H groups in total. The molecule has 2 aliphatic rings. The highest BCUT2D eigenvalue weighted by Crippen LogP contribution is 2.19. The zero-order valence-electron chi connectivity index (χ0n) is 15.1. The maximum atomic E-state index is 12.7. The summed E-state index contributed by atoms with van der Waals surface area (Å²) < 4.78 is 1.81. The Morgan fingerprint density at radius 2 is 2.04 bits per heavy atom. The molecule has 2 amide bonds. The van der Waals surface area contributed by atoms with Crippen LogP contribution in [0.2, 0.25) is 0 Å². The van der Waals surface area contributed by atoms with E-state index >= 15 is 0 Å². The summed E-state index contributed by atoms with van der Waals surface area (Å²) in [5.74, 6) is 0.202. The largest absolute Gasteiger partial charge is 0.393 e. The number of hydrogen-bond donors (Lipinski definition) is 2. The molecule has 8 heteroatoms. The second-order valence-electron chi connectivity index (χ2n) is 7.09. The van der Waals surface area contributed by atoms with Gasteiger partial charge in [-0.1, -0.05) is 6.42 Å². The first-order chi connectivity index (χ1) is 12.6. The van der Waals surface area contributed by atoms with Gasteiger partial charge in [0, 0.05) is 39.0 Å². The van der Waals surface area contributed by atoms with Gasteiger partial charge in [0.05, 0.1) is 24.5 Å². The van der Waals surface area contributed by atoms with Crippen LogP contribution in [0, 0.1) is 0 Å². The number of aliphatic hydroxyl groups is 2. The average Bonchev–Trinajstić information content (AvgIpc) is 2.79. The molecule has 0 aromatic carbocycles. The molecule has 1 saturated heterocycles. The van der Waals surface area contributed by atoms with Gasteiger partial charge in [0.15, 0.2) is 0 Å². The molecule has 144 valence electrons. The van der Waals surface area contributed by atoms with E-state index < -0.39 is 6.10 Å². The lowest BCUT2D eigenvalue weighted by Gasteiger charge is -2.24. The van der Waals surface area contributed by atoms with E-state index in [1.165, 1.54) is 0 Å². The summed E-state index contributed by atoms with van der Waals surface area (Å²) >= 11 is 0. The monoisotopic (exact) mass is 364 g/mol. The molecule has 8 nitrogen and oxygen atoms in total. The average molecular weight is 364 g/mol. The zero-order chi connectivity index (χ0) is 18.5. The Morgan fingerprint density at radius 1 is 1.19 bits per heavy atom. The van der Waals surface area contributed by atoms with Gasteiger partial charge in [-0.05, 0) is 25.3 Å². The molecule has 1 aromatic heterocycles. The summed E-state index contributed by atoms with van der Waals surface area (Å²) in [4.78, 5) is 28.3. The number of rotatable bonds is 5. The van der Waals surface area contributed by atoms with Crippen molar-refractivity contribution in [3.05, 3.63) is 17.5 Å². The molecular weight excluding hydrogens is 336 g/mol. The summed E-state index contributed by atoms with van der Waals surface area (Å²) in [5, 5.41) is 23.2. The van der Waals surface area contributed by atoms with Gasteiger partial charge in [0.2, 0.25) is 11.8 Å². The van der Waals surface area contributed by atoms with Gasteiger partial charge >= 0.3 is 0 Å². The Balaban J connectivity index is 1.59. The van der Waals surface area contributed by atoms with Crippen LogP contribution < -0.4 is 0 Å². The third-order valence-electron chi connectivity index (χ3n) is 5.17. The van der Waals surface area contributed by atoms with Crippen LogP contribution in [0.5, 0.6) is 0 Å². The molecule has 1 atom stereocenters. The third-order valence-corrected chi connectivity index (χ3v) is 5.17. The SMILES string of the molecule is O=C1CCCCCN1CCC(=O)N1CCCn2nc(C(O)CO)cc2C1. The van der Waals surface area contributed by atoms with Crippen LogP contribution in [0.1, 0.15) is 56.0 Å². The molecule has 0 saturated carbocycles. The molecule has 0 spiro atoms. The predicted molar refractivity (Wildman–Crippen MR) is 94.0 cm³/mol. The van der Waals surface area contributed by atoms with E-state index in [1.807, 2.05) is 4.90 Å². The van der Waals surface area contributed by atoms with E-state index in [9.17, 15) is 14.7 Å². The van der Waals surface area contributed by atoms with Gasteiger partial charge < -0.3 is 20.0 Å². The smallest absolute Gasteiger partial charge is 0.224 e. The summed E-state index contributed by atoms with van der Waals surface area (Å²) in [5.41, 5.74) is 1.30. The van der Waals surface area contributed by atoms with Crippen molar-refractivity contribution in [1.29, 1.82) is 0 Å². The minimum Gasteiger partial charge on any atom is -0.393 e. The molecule has 0 radical (unpaired) electrons. The number of carbonyl (C=O) groups excluding carboxylic acids is 2.